The molecule has 23 heavy (non-hydrogen) atoms. The Bertz CT molecular complexity index is 625. The summed E-state index contributed by atoms with van der Waals surface area (Å²) in [6, 6.07) is 11.5. The standard InChI is InChI=1S/C17H20N2O3S/c20-16(15-6-9-18-23-15)19(12-14-4-2-1-3-5-14)13-17(21)7-10-22-11-8-17/h1-6,9,21H,7-8,10-13H2. The number of carbonyl (C=O) groups is 1. The Balaban J connectivity index is 1.79. The van der Waals surface area contributed by atoms with Crippen molar-refractivity contribution >= 4 is 17.4 Å². The molecule has 1 saturated heterocycles. The summed E-state index contributed by atoms with van der Waals surface area (Å²) in [4.78, 5) is 15.1. The summed E-state index contributed by atoms with van der Waals surface area (Å²) in [6.07, 6.45) is 2.73. The Morgan fingerprint density at radius 3 is 2.65 bits per heavy atom. The van der Waals surface area contributed by atoms with E-state index in [1.54, 1.807) is 17.2 Å². The van der Waals surface area contributed by atoms with Gasteiger partial charge in [-0.1, -0.05) is 30.3 Å². The number of benzene rings is 1. The van der Waals surface area contributed by atoms with Gasteiger partial charge < -0.3 is 14.7 Å². The smallest absolute Gasteiger partial charge is 0.265 e. The molecule has 122 valence electrons. The van der Waals surface area contributed by atoms with Crippen molar-refractivity contribution < 1.29 is 14.6 Å². The topological polar surface area (TPSA) is 62.7 Å². The summed E-state index contributed by atoms with van der Waals surface area (Å²) in [5.74, 6) is -0.0868. The van der Waals surface area contributed by atoms with Gasteiger partial charge in [-0.3, -0.25) is 4.79 Å². The molecule has 6 heteroatoms. The molecule has 2 heterocycles. The highest BCUT2D eigenvalue weighted by atomic mass is 32.1. The molecular weight excluding hydrogens is 312 g/mol. The number of hydrogen-bond donors (Lipinski definition) is 1. The molecule has 0 atom stereocenters. The number of hydrogen-bond acceptors (Lipinski definition) is 5. The van der Waals surface area contributed by atoms with Crippen molar-refractivity contribution in [3.05, 3.63) is 53.0 Å². The van der Waals surface area contributed by atoms with Crippen LogP contribution in [0, 0.1) is 0 Å². The molecule has 0 aliphatic carbocycles. The molecule has 2 aromatic rings. The van der Waals surface area contributed by atoms with Gasteiger partial charge in [0, 0.05) is 38.8 Å². The first kappa shape index (κ1) is 16.1. The van der Waals surface area contributed by atoms with Crippen LogP contribution in [0.4, 0.5) is 0 Å². The van der Waals surface area contributed by atoms with E-state index in [-0.39, 0.29) is 5.91 Å². The highest BCUT2D eigenvalue weighted by molar-refractivity contribution is 7.08. The first-order chi connectivity index (χ1) is 11.2. The van der Waals surface area contributed by atoms with E-state index in [0.717, 1.165) is 5.56 Å². The Morgan fingerprint density at radius 2 is 2.00 bits per heavy atom. The molecule has 1 aromatic carbocycles. The highest BCUT2D eigenvalue weighted by Crippen LogP contribution is 2.24. The molecule has 1 aliphatic rings. The second kappa shape index (κ2) is 7.21. The highest BCUT2D eigenvalue weighted by Gasteiger charge is 2.34. The van der Waals surface area contributed by atoms with Gasteiger partial charge in [-0.25, -0.2) is 4.37 Å². The number of rotatable bonds is 5. The molecule has 3 rings (SSSR count). The van der Waals surface area contributed by atoms with Gasteiger partial charge in [0.1, 0.15) is 4.88 Å². The van der Waals surface area contributed by atoms with Crippen LogP contribution in [0.15, 0.2) is 42.6 Å². The third kappa shape index (κ3) is 4.16. The summed E-state index contributed by atoms with van der Waals surface area (Å²) in [7, 11) is 0. The Kier molecular flexibility index (Phi) is 5.05. The average Bonchev–Trinajstić information content (AvgIpc) is 3.09. The van der Waals surface area contributed by atoms with Crippen LogP contribution in [-0.4, -0.2) is 45.6 Å². The zero-order chi connectivity index (χ0) is 16.1. The number of amides is 1. The maximum absolute atomic E-state index is 12.8. The molecule has 0 radical (unpaired) electrons. The fourth-order valence-corrected chi connectivity index (χ4v) is 3.31. The van der Waals surface area contributed by atoms with E-state index in [1.807, 2.05) is 30.3 Å². The van der Waals surface area contributed by atoms with Crippen molar-refractivity contribution in [1.29, 1.82) is 0 Å². The van der Waals surface area contributed by atoms with Gasteiger partial charge in [-0.2, -0.15) is 0 Å². The van der Waals surface area contributed by atoms with Gasteiger partial charge in [0.25, 0.3) is 5.91 Å². The normalized spacial score (nSPS) is 16.9. The first-order valence-corrected chi connectivity index (χ1v) is 8.48. The quantitative estimate of drug-likeness (QED) is 0.913. The third-order valence-corrected chi connectivity index (χ3v) is 4.80. The maximum atomic E-state index is 12.8. The molecule has 0 saturated carbocycles. The van der Waals surface area contributed by atoms with Crippen LogP contribution in [0.1, 0.15) is 28.1 Å². The SMILES string of the molecule is O=C(c1ccns1)N(Cc1ccccc1)CC1(O)CCOCC1. The van der Waals surface area contributed by atoms with Gasteiger partial charge in [-0.05, 0) is 23.2 Å². The molecule has 0 bridgehead atoms. The fraction of sp³-hybridized carbons (Fsp3) is 0.412. The predicted molar refractivity (Wildman–Crippen MR) is 88.3 cm³/mol. The number of carbonyl (C=O) groups excluding carboxylic acids is 1. The molecule has 1 aliphatic heterocycles. The summed E-state index contributed by atoms with van der Waals surface area (Å²) in [5, 5.41) is 10.8. The predicted octanol–water partition coefficient (Wildman–Crippen LogP) is 2.33. The minimum Gasteiger partial charge on any atom is -0.388 e. The molecule has 1 fully saturated rings. The van der Waals surface area contributed by atoms with Crippen molar-refractivity contribution in [3.63, 3.8) is 0 Å². The minimum absolute atomic E-state index is 0.0868. The number of aromatic nitrogens is 1. The van der Waals surface area contributed by atoms with E-state index in [4.69, 9.17) is 4.74 Å². The molecule has 1 N–H and O–H groups in total. The number of ether oxygens (including phenoxy) is 1. The van der Waals surface area contributed by atoms with E-state index in [9.17, 15) is 9.90 Å². The van der Waals surface area contributed by atoms with Crippen molar-refractivity contribution in [2.75, 3.05) is 19.8 Å². The second-order valence-electron chi connectivity index (χ2n) is 5.86. The number of nitrogens with zero attached hydrogens (tertiary/aromatic N) is 2. The lowest BCUT2D eigenvalue weighted by molar-refractivity contribution is -0.0766. The van der Waals surface area contributed by atoms with Gasteiger partial charge in [0.2, 0.25) is 0 Å². The molecule has 5 nitrogen and oxygen atoms in total. The molecule has 1 amide bonds. The lowest BCUT2D eigenvalue weighted by atomic mass is 9.93. The zero-order valence-corrected chi connectivity index (χ0v) is 13.7. The Labute approximate surface area is 139 Å². The average molecular weight is 332 g/mol. The summed E-state index contributed by atoms with van der Waals surface area (Å²) in [5.41, 5.74) is 0.161. The molecule has 1 aromatic heterocycles. The third-order valence-electron chi connectivity index (χ3n) is 4.06. The zero-order valence-electron chi connectivity index (χ0n) is 12.9. The number of aliphatic hydroxyl groups is 1. The van der Waals surface area contributed by atoms with E-state index in [0.29, 0.717) is 44.0 Å². The molecular formula is C17H20N2O3S. The van der Waals surface area contributed by atoms with Gasteiger partial charge in [0.15, 0.2) is 0 Å². The maximum Gasteiger partial charge on any atom is 0.265 e. The van der Waals surface area contributed by atoms with Crippen LogP contribution in [0.25, 0.3) is 0 Å². The summed E-state index contributed by atoms with van der Waals surface area (Å²) >= 11 is 1.18. The van der Waals surface area contributed by atoms with Gasteiger partial charge in [-0.15, -0.1) is 0 Å². The Morgan fingerprint density at radius 1 is 1.26 bits per heavy atom. The van der Waals surface area contributed by atoms with E-state index in [2.05, 4.69) is 4.37 Å². The van der Waals surface area contributed by atoms with Crippen molar-refractivity contribution in [3.8, 4) is 0 Å². The van der Waals surface area contributed by atoms with Crippen LogP contribution in [-0.2, 0) is 11.3 Å². The lowest BCUT2D eigenvalue weighted by Crippen LogP contribution is -2.48. The second-order valence-corrected chi connectivity index (χ2v) is 6.69. The fourth-order valence-electron chi connectivity index (χ4n) is 2.75. The summed E-state index contributed by atoms with van der Waals surface area (Å²) in [6.45, 7) is 1.84. The molecule has 0 spiro atoms. The van der Waals surface area contributed by atoms with Crippen molar-refractivity contribution in [2.45, 2.75) is 25.0 Å². The van der Waals surface area contributed by atoms with Crippen LogP contribution >= 0.6 is 11.5 Å². The van der Waals surface area contributed by atoms with Crippen LogP contribution in [0.5, 0.6) is 0 Å². The van der Waals surface area contributed by atoms with Crippen LogP contribution in [0.3, 0.4) is 0 Å². The summed E-state index contributed by atoms with van der Waals surface area (Å²) < 4.78 is 9.33. The van der Waals surface area contributed by atoms with Crippen molar-refractivity contribution in [2.24, 2.45) is 0 Å². The minimum atomic E-state index is -0.882. The van der Waals surface area contributed by atoms with Crippen LogP contribution < -0.4 is 0 Å². The first-order valence-electron chi connectivity index (χ1n) is 7.70. The van der Waals surface area contributed by atoms with Crippen LogP contribution in [0.2, 0.25) is 0 Å². The monoisotopic (exact) mass is 332 g/mol. The van der Waals surface area contributed by atoms with E-state index >= 15 is 0 Å². The van der Waals surface area contributed by atoms with Gasteiger partial charge in [0.05, 0.1) is 12.1 Å². The van der Waals surface area contributed by atoms with Gasteiger partial charge >= 0.3 is 0 Å². The molecule has 0 unspecified atom stereocenters. The van der Waals surface area contributed by atoms with E-state index in [1.165, 1.54) is 11.5 Å². The Hall–Kier alpha value is -1.76. The lowest BCUT2D eigenvalue weighted by Gasteiger charge is -2.36. The van der Waals surface area contributed by atoms with E-state index < -0.39 is 5.60 Å². The largest absolute Gasteiger partial charge is 0.388 e. The van der Waals surface area contributed by atoms with Crippen molar-refractivity contribution in [1.82, 2.24) is 9.27 Å².